The van der Waals surface area contributed by atoms with E-state index in [9.17, 15) is 9.90 Å². The van der Waals surface area contributed by atoms with E-state index in [4.69, 9.17) is 4.74 Å². The highest BCUT2D eigenvalue weighted by Gasteiger charge is 2.26. The zero-order chi connectivity index (χ0) is 31.3. The Hall–Kier alpha value is -1.51. The predicted octanol–water partition coefficient (Wildman–Crippen LogP) is 12.3. The molecule has 0 saturated heterocycles. The summed E-state index contributed by atoms with van der Waals surface area (Å²) >= 11 is 0. The van der Waals surface area contributed by atoms with Gasteiger partial charge in [-0.2, -0.15) is 0 Å². The highest BCUT2D eigenvalue weighted by Crippen LogP contribution is 2.40. The van der Waals surface area contributed by atoms with Gasteiger partial charge >= 0.3 is 5.97 Å². The van der Waals surface area contributed by atoms with Crippen molar-refractivity contribution in [2.45, 2.75) is 201 Å². The maximum atomic E-state index is 12.4. The number of aromatic hydroxyl groups is 1. The highest BCUT2D eigenvalue weighted by molar-refractivity contribution is 5.69. The van der Waals surface area contributed by atoms with Gasteiger partial charge in [0.25, 0.3) is 0 Å². The summed E-state index contributed by atoms with van der Waals surface area (Å²) in [5.74, 6) is 0.274. The number of rotatable bonds is 24. The predicted molar refractivity (Wildman–Crippen MR) is 183 cm³/mol. The number of hydrogen-bond donors (Lipinski definition) is 1. The van der Waals surface area contributed by atoms with Gasteiger partial charge in [-0.1, -0.05) is 183 Å². The Morgan fingerprint density at radius 1 is 0.595 bits per heavy atom. The summed E-state index contributed by atoms with van der Waals surface area (Å²) in [5.41, 5.74) is 2.67. The summed E-state index contributed by atoms with van der Waals surface area (Å²) in [5, 5.41) is 10.9. The Labute approximate surface area is 262 Å². The van der Waals surface area contributed by atoms with Crippen molar-refractivity contribution in [3.05, 3.63) is 28.8 Å². The lowest BCUT2D eigenvalue weighted by atomic mass is 9.78. The van der Waals surface area contributed by atoms with Crippen LogP contribution in [0.5, 0.6) is 5.75 Å². The molecule has 1 rings (SSSR count). The molecule has 0 heterocycles. The molecule has 0 spiro atoms. The molecule has 3 heteroatoms. The molecule has 0 aliphatic rings. The number of aryl methyl sites for hydroxylation is 1. The second-order valence-electron chi connectivity index (χ2n) is 15.0. The Morgan fingerprint density at radius 2 is 0.929 bits per heavy atom. The van der Waals surface area contributed by atoms with Crippen molar-refractivity contribution in [1.29, 1.82) is 0 Å². The van der Waals surface area contributed by atoms with Crippen LogP contribution >= 0.6 is 0 Å². The second-order valence-corrected chi connectivity index (χ2v) is 15.0. The minimum Gasteiger partial charge on any atom is -0.507 e. The molecular formula is C39H70O3. The number of hydrogen-bond acceptors (Lipinski definition) is 3. The Morgan fingerprint density at radius 3 is 1.26 bits per heavy atom. The second kappa shape index (κ2) is 22.1. The van der Waals surface area contributed by atoms with Crippen LogP contribution in [0.2, 0.25) is 0 Å². The van der Waals surface area contributed by atoms with Crippen molar-refractivity contribution in [3.63, 3.8) is 0 Å². The first-order chi connectivity index (χ1) is 20.0. The summed E-state index contributed by atoms with van der Waals surface area (Å²) in [7, 11) is 0. The van der Waals surface area contributed by atoms with E-state index in [0.717, 1.165) is 29.5 Å². The molecule has 0 aliphatic carbocycles. The minimum absolute atomic E-state index is 0.115. The number of benzene rings is 1. The van der Waals surface area contributed by atoms with E-state index in [1.54, 1.807) is 0 Å². The first-order valence-electron chi connectivity index (χ1n) is 18.0. The number of carbonyl (C=O) groups excluding carboxylic acids is 1. The van der Waals surface area contributed by atoms with Gasteiger partial charge in [0.1, 0.15) is 5.75 Å². The zero-order valence-electron chi connectivity index (χ0n) is 29.2. The fourth-order valence-corrected chi connectivity index (χ4v) is 5.84. The van der Waals surface area contributed by atoms with E-state index in [1.807, 2.05) is 0 Å². The van der Waals surface area contributed by atoms with Gasteiger partial charge in [0.05, 0.1) is 6.61 Å². The Balaban J connectivity index is 2.02. The fraction of sp³-hybridized carbons (Fsp3) is 0.821. The topological polar surface area (TPSA) is 46.5 Å². The number of unbranched alkanes of at least 4 members (excludes halogenated alkanes) is 19. The maximum absolute atomic E-state index is 12.4. The Bertz CT molecular complexity index is 792. The molecule has 1 N–H and O–H groups in total. The van der Waals surface area contributed by atoms with E-state index in [2.05, 4.69) is 60.6 Å². The molecule has 0 amide bonds. The molecule has 1 aromatic rings. The third-order valence-electron chi connectivity index (χ3n) is 8.66. The largest absolute Gasteiger partial charge is 0.507 e. The fourth-order valence-electron chi connectivity index (χ4n) is 5.84. The molecule has 0 saturated carbocycles. The van der Waals surface area contributed by atoms with Crippen molar-refractivity contribution in [2.24, 2.45) is 0 Å². The molecule has 3 nitrogen and oxygen atoms in total. The SMILES string of the molecule is CCCCCCCCCCCCCCCCCCCCCCOC(=O)CCc1cc(C(C)(C)C)c(O)c(C(C)(C)C)c1. The summed E-state index contributed by atoms with van der Waals surface area (Å²) in [6.07, 6.45) is 28.4. The minimum atomic E-state index is -0.160. The van der Waals surface area contributed by atoms with Crippen LogP contribution in [0, 0.1) is 0 Å². The van der Waals surface area contributed by atoms with Crippen molar-refractivity contribution < 1.29 is 14.6 Å². The maximum Gasteiger partial charge on any atom is 0.306 e. The van der Waals surface area contributed by atoms with Gasteiger partial charge in [-0.05, 0) is 40.4 Å². The standard InChI is InChI=1S/C39H70O3/c1-8-9-10-11-12-13-14-15-16-17-18-19-20-21-22-23-24-25-26-27-30-42-36(40)29-28-33-31-34(38(2,3)4)37(41)35(32-33)39(5,6)7/h31-32,41H,8-30H2,1-7H3. The van der Waals surface area contributed by atoms with Crippen LogP contribution in [0.4, 0.5) is 0 Å². The normalized spacial score (nSPS) is 12.2. The molecule has 0 aliphatic heterocycles. The highest BCUT2D eigenvalue weighted by atomic mass is 16.5. The number of carbonyl (C=O) groups is 1. The van der Waals surface area contributed by atoms with E-state index >= 15 is 0 Å². The van der Waals surface area contributed by atoms with E-state index in [1.165, 1.54) is 116 Å². The van der Waals surface area contributed by atoms with Crippen molar-refractivity contribution in [3.8, 4) is 5.75 Å². The lowest BCUT2D eigenvalue weighted by molar-refractivity contribution is -0.143. The molecule has 244 valence electrons. The number of phenolic OH excluding ortho intramolecular Hbond substituents is 1. The molecule has 1 aromatic carbocycles. The summed E-state index contributed by atoms with van der Waals surface area (Å²) < 4.78 is 5.53. The smallest absolute Gasteiger partial charge is 0.306 e. The summed E-state index contributed by atoms with van der Waals surface area (Å²) in [6, 6.07) is 4.13. The quantitative estimate of drug-likeness (QED) is 0.0968. The van der Waals surface area contributed by atoms with Crippen LogP contribution < -0.4 is 0 Å². The van der Waals surface area contributed by atoms with Crippen LogP contribution in [0.1, 0.15) is 200 Å². The van der Waals surface area contributed by atoms with Gasteiger partial charge in [0.2, 0.25) is 0 Å². The molecule has 0 atom stereocenters. The first kappa shape index (κ1) is 38.5. The third-order valence-corrected chi connectivity index (χ3v) is 8.66. The van der Waals surface area contributed by atoms with Gasteiger partial charge in [-0.3, -0.25) is 4.79 Å². The van der Waals surface area contributed by atoms with Crippen LogP contribution in [-0.2, 0) is 26.8 Å². The first-order valence-corrected chi connectivity index (χ1v) is 18.0. The summed E-state index contributed by atoms with van der Waals surface area (Å²) in [4.78, 5) is 12.4. The van der Waals surface area contributed by atoms with Gasteiger partial charge in [0.15, 0.2) is 0 Å². The Kier molecular flexibility index (Phi) is 20.2. The van der Waals surface area contributed by atoms with E-state index < -0.39 is 0 Å². The number of esters is 1. The van der Waals surface area contributed by atoms with Crippen LogP contribution in [0.25, 0.3) is 0 Å². The van der Waals surface area contributed by atoms with Crippen molar-refractivity contribution >= 4 is 5.97 Å². The molecule has 0 radical (unpaired) electrons. The molecule has 0 unspecified atom stereocenters. The molecule has 0 fully saturated rings. The number of ether oxygens (including phenoxy) is 1. The molecule has 0 aromatic heterocycles. The van der Waals surface area contributed by atoms with E-state index in [-0.39, 0.29) is 16.8 Å². The lowest BCUT2D eigenvalue weighted by Gasteiger charge is -2.28. The third kappa shape index (κ3) is 18.2. The van der Waals surface area contributed by atoms with Crippen LogP contribution in [-0.4, -0.2) is 17.7 Å². The van der Waals surface area contributed by atoms with Gasteiger partial charge in [-0.15, -0.1) is 0 Å². The lowest BCUT2D eigenvalue weighted by Crippen LogP contribution is -2.18. The van der Waals surface area contributed by atoms with Crippen LogP contribution in [0.3, 0.4) is 0 Å². The summed E-state index contributed by atoms with van der Waals surface area (Å²) in [6.45, 7) is 15.5. The zero-order valence-corrected chi connectivity index (χ0v) is 29.2. The molecular weight excluding hydrogens is 516 g/mol. The van der Waals surface area contributed by atoms with Crippen molar-refractivity contribution in [1.82, 2.24) is 0 Å². The average molecular weight is 587 g/mol. The van der Waals surface area contributed by atoms with E-state index in [0.29, 0.717) is 25.2 Å². The average Bonchev–Trinajstić information content (AvgIpc) is 2.92. The number of phenols is 1. The molecule has 42 heavy (non-hydrogen) atoms. The van der Waals surface area contributed by atoms with Crippen molar-refractivity contribution in [2.75, 3.05) is 6.61 Å². The monoisotopic (exact) mass is 587 g/mol. The van der Waals surface area contributed by atoms with Gasteiger partial charge in [0, 0.05) is 6.42 Å². The van der Waals surface area contributed by atoms with Gasteiger partial charge < -0.3 is 9.84 Å². The molecule has 0 bridgehead atoms. The van der Waals surface area contributed by atoms with Crippen LogP contribution in [0.15, 0.2) is 12.1 Å². The van der Waals surface area contributed by atoms with Gasteiger partial charge in [-0.25, -0.2) is 0 Å².